The van der Waals surface area contributed by atoms with Gasteiger partial charge in [-0.25, -0.2) is 4.98 Å². The number of carbonyl (C=O) groups excluding carboxylic acids is 3. The largest absolute Gasteiger partial charge is 0.456 e. The van der Waals surface area contributed by atoms with Crippen LogP contribution in [0.3, 0.4) is 0 Å². The maximum Gasteiger partial charge on any atom is 0.306 e. The van der Waals surface area contributed by atoms with E-state index in [1.807, 2.05) is 0 Å². The van der Waals surface area contributed by atoms with E-state index in [0.29, 0.717) is 20.1 Å². The van der Waals surface area contributed by atoms with Crippen molar-refractivity contribution < 1.29 is 19.1 Å². The third-order valence-electron chi connectivity index (χ3n) is 2.76. The summed E-state index contributed by atoms with van der Waals surface area (Å²) in [5, 5.41) is 2.89. The second-order valence-electron chi connectivity index (χ2n) is 4.60. The van der Waals surface area contributed by atoms with Crippen LogP contribution in [-0.2, 0) is 14.3 Å². The molecule has 6 nitrogen and oxygen atoms in total. The molecule has 0 fully saturated rings. The number of carbonyl (C=O) groups is 3. The van der Waals surface area contributed by atoms with E-state index in [4.69, 9.17) is 27.9 Å². The van der Waals surface area contributed by atoms with Gasteiger partial charge in [-0.2, -0.15) is 0 Å². The first-order chi connectivity index (χ1) is 11.4. The molecule has 0 aliphatic carbocycles. The lowest BCUT2D eigenvalue weighted by Crippen LogP contribution is -2.21. The molecule has 0 saturated heterocycles. The number of anilines is 1. The minimum Gasteiger partial charge on any atom is -0.456 e. The third kappa shape index (κ3) is 5.92. The minimum atomic E-state index is -0.634. The topological polar surface area (TPSA) is 85.4 Å². The number of halogens is 2. The Hall–Kier alpha value is -1.96. The number of ketones is 1. The Morgan fingerprint density at radius 1 is 1.12 bits per heavy atom. The standard InChI is InChI=1S/C15H12Cl2N2O4S/c16-9-1-5-13(18-7-9)19-14(21)8-23-15(22)6-2-10(20)11-3-4-12(17)24-11/h1,3-5,7H,2,6,8H2,(H,18,19,21). The average molecular weight is 387 g/mol. The van der Waals surface area contributed by atoms with Gasteiger partial charge in [0.1, 0.15) is 5.82 Å². The van der Waals surface area contributed by atoms with Crippen LogP contribution in [0, 0.1) is 0 Å². The summed E-state index contributed by atoms with van der Waals surface area (Å²) in [6.45, 7) is -0.456. The fourth-order valence-electron chi connectivity index (χ4n) is 1.65. The van der Waals surface area contributed by atoms with Crippen molar-refractivity contribution in [3.05, 3.63) is 44.7 Å². The number of nitrogens with zero attached hydrogens (tertiary/aromatic N) is 1. The second kappa shape index (κ2) is 8.77. The summed E-state index contributed by atoms with van der Waals surface area (Å²) in [6.07, 6.45) is 1.27. The highest BCUT2D eigenvalue weighted by Crippen LogP contribution is 2.22. The van der Waals surface area contributed by atoms with Gasteiger partial charge in [0.2, 0.25) is 0 Å². The third-order valence-corrected chi connectivity index (χ3v) is 4.26. The molecule has 2 rings (SSSR count). The first kappa shape index (κ1) is 18.4. The van der Waals surface area contributed by atoms with E-state index in [0.717, 1.165) is 11.3 Å². The Bertz CT molecular complexity index is 746. The van der Waals surface area contributed by atoms with E-state index < -0.39 is 18.5 Å². The first-order valence-electron chi connectivity index (χ1n) is 6.79. The molecule has 1 N–H and O–H groups in total. The molecule has 0 aliphatic rings. The normalized spacial score (nSPS) is 10.2. The van der Waals surface area contributed by atoms with Crippen LogP contribution in [0.25, 0.3) is 0 Å². The van der Waals surface area contributed by atoms with Gasteiger partial charge in [0.25, 0.3) is 5.91 Å². The maximum atomic E-state index is 11.8. The Kier molecular flexibility index (Phi) is 6.72. The number of hydrogen-bond donors (Lipinski definition) is 1. The van der Waals surface area contributed by atoms with Crippen LogP contribution in [0.4, 0.5) is 5.82 Å². The van der Waals surface area contributed by atoms with Crippen molar-refractivity contribution in [3.8, 4) is 0 Å². The Morgan fingerprint density at radius 2 is 1.92 bits per heavy atom. The number of esters is 1. The molecule has 9 heteroatoms. The van der Waals surface area contributed by atoms with Crippen LogP contribution >= 0.6 is 34.5 Å². The van der Waals surface area contributed by atoms with Crippen LogP contribution in [0.1, 0.15) is 22.5 Å². The van der Waals surface area contributed by atoms with Crippen LogP contribution < -0.4 is 5.32 Å². The van der Waals surface area contributed by atoms with Crippen molar-refractivity contribution in [2.45, 2.75) is 12.8 Å². The predicted molar refractivity (Wildman–Crippen MR) is 91.7 cm³/mol. The molecule has 0 radical (unpaired) electrons. The summed E-state index contributed by atoms with van der Waals surface area (Å²) in [5.41, 5.74) is 0. The van der Waals surface area contributed by atoms with Crippen LogP contribution in [0.5, 0.6) is 0 Å². The molecule has 2 heterocycles. The van der Waals surface area contributed by atoms with E-state index in [1.54, 1.807) is 18.2 Å². The fraction of sp³-hybridized carbons (Fsp3) is 0.200. The summed E-state index contributed by atoms with van der Waals surface area (Å²) >= 11 is 12.6. The highest BCUT2D eigenvalue weighted by atomic mass is 35.5. The van der Waals surface area contributed by atoms with Crippen molar-refractivity contribution in [1.29, 1.82) is 0 Å². The molecule has 0 saturated carbocycles. The van der Waals surface area contributed by atoms with Crippen molar-refractivity contribution in [2.75, 3.05) is 11.9 Å². The molecule has 0 bridgehead atoms. The molecule has 126 valence electrons. The van der Waals surface area contributed by atoms with Gasteiger partial charge in [0, 0.05) is 12.6 Å². The second-order valence-corrected chi connectivity index (χ2v) is 6.75. The molecule has 0 aliphatic heterocycles. The number of hydrogen-bond acceptors (Lipinski definition) is 6. The Balaban J connectivity index is 1.69. The van der Waals surface area contributed by atoms with Gasteiger partial charge in [-0.3, -0.25) is 14.4 Å². The lowest BCUT2D eigenvalue weighted by atomic mass is 10.2. The molecule has 2 aromatic rings. The molecular formula is C15H12Cl2N2O4S. The number of rotatable bonds is 7. The number of thiophene rings is 1. The van der Waals surface area contributed by atoms with Crippen LogP contribution in [-0.4, -0.2) is 29.3 Å². The van der Waals surface area contributed by atoms with Crippen molar-refractivity contribution >= 4 is 58.0 Å². The SMILES string of the molecule is O=C(COC(=O)CCC(=O)c1ccc(Cl)s1)Nc1ccc(Cl)cn1. The maximum absolute atomic E-state index is 11.8. The Morgan fingerprint density at radius 3 is 2.54 bits per heavy atom. The van der Waals surface area contributed by atoms with Crippen LogP contribution in [0.15, 0.2) is 30.5 Å². The zero-order chi connectivity index (χ0) is 17.5. The monoisotopic (exact) mass is 386 g/mol. The van der Waals surface area contributed by atoms with Crippen molar-refractivity contribution in [3.63, 3.8) is 0 Å². The lowest BCUT2D eigenvalue weighted by molar-refractivity contribution is -0.147. The zero-order valence-electron chi connectivity index (χ0n) is 12.3. The first-order valence-corrected chi connectivity index (χ1v) is 8.37. The van der Waals surface area contributed by atoms with E-state index >= 15 is 0 Å². The summed E-state index contributed by atoms with van der Waals surface area (Å²) in [5.74, 6) is -1.07. The van der Waals surface area contributed by atoms with E-state index in [-0.39, 0.29) is 18.6 Å². The summed E-state index contributed by atoms with van der Waals surface area (Å²) in [4.78, 5) is 39.4. The van der Waals surface area contributed by atoms with Gasteiger partial charge < -0.3 is 10.1 Å². The van der Waals surface area contributed by atoms with Gasteiger partial charge in [0.05, 0.1) is 20.7 Å². The van der Waals surface area contributed by atoms with Crippen molar-refractivity contribution in [1.82, 2.24) is 4.98 Å². The molecule has 2 aromatic heterocycles. The highest BCUT2D eigenvalue weighted by molar-refractivity contribution is 7.18. The van der Waals surface area contributed by atoms with Gasteiger partial charge in [-0.05, 0) is 24.3 Å². The lowest BCUT2D eigenvalue weighted by Gasteiger charge is -2.05. The molecule has 0 atom stereocenters. The van der Waals surface area contributed by atoms with Crippen molar-refractivity contribution in [2.24, 2.45) is 0 Å². The number of Topliss-reactive ketones (excluding diaryl/α,β-unsaturated/α-hetero) is 1. The number of amides is 1. The highest BCUT2D eigenvalue weighted by Gasteiger charge is 2.13. The number of ether oxygens (including phenoxy) is 1. The quantitative estimate of drug-likeness (QED) is 0.580. The van der Waals surface area contributed by atoms with Gasteiger partial charge >= 0.3 is 5.97 Å². The molecule has 1 amide bonds. The number of aromatic nitrogens is 1. The molecule has 0 unspecified atom stereocenters. The van der Waals surface area contributed by atoms with Gasteiger partial charge in [0.15, 0.2) is 12.4 Å². The molecule has 24 heavy (non-hydrogen) atoms. The summed E-state index contributed by atoms with van der Waals surface area (Å²) in [6, 6.07) is 6.31. The zero-order valence-corrected chi connectivity index (χ0v) is 14.6. The summed E-state index contributed by atoms with van der Waals surface area (Å²) < 4.78 is 5.32. The smallest absolute Gasteiger partial charge is 0.306 e. The Labute approximate surface area is 151 Å². The molecule has 0 spiro atoms. The van der Waals surface area contributed by atoms with Crippen LogP contribution in [0.2, 0.25) is 9.36 Å². The van der Waals surface area contributed by atoms with E-state index in [1.165, 1.54) is 12.3 Å². The number of nitrogens with one attached hydrogen (secondary N) is 1. The van der Waals surface area contributed by atoms with E-state index in [2.05, 4.69) is 10.3 Å². The molecule has 0 aromatic carbocycles. The predicted octanol–water partition coefficient (Wildman–Crippen LogP) is 3.59. The van der Waals surface area contributed by atoms with E-state index in [9.17, 15) is 14.4 Å². The number of pyridine rings is 1. The average Bonchev–Trinajstić information content (AvgIpc) is 2.99. The summed E-state index contributed by atoms with van der Waals surface area (Å²) in [7, 11) is 0. The van der Waals surface area contributed by atoms with Gasteiger partial charge in [-0.15, -0.1) is 11.3 Å². The molecular weight excluding hydrogens is 375 g/mol. The minimum absolute atomic E-state index is 0.00393. The fourth-order valence-corrected chi connectivity index (χ4v) is 2.77. The van der Waals surface area contributed by atoms with Gasteiger partial charge in [-0.1, -0.05) is 23.2 Å².